The number of hydrogen-bond acceptors (Lipinski definition) is 6. The second kappa shape index (κ2) is 24.8. The molecule has 3 N–H and O–H groups in total. The lowest BCUT2D eigenvalue weighted by atomic mass is 9.90. The Bertz CT molecular complexity index is 1600. The lowest BCUT2D eigenvalue weighted by Crippen LogP contribution is -2.12. The van der Waals surface area contributed by atoms with Crippen LogP contribution in [0.4, 0.5) is 0 Å². The van der Waals surface area contributed by atoms with E-state index in [4.69, 9.17) is 15.0 Å². The molecule has 0 unspecified atom stereocenters. The summed E-state index contributed by atoms with van der Waals surface area (Å²) in [5, 5.41) is 32.8. The van der Waals surface area contributed by atoms with E-state index in [1.165, 1.54) is 33.4 Å². The fourth-order valence-corrected chi connectivity index (χ4v) is 8.38. The number of rotatable bonds is 27. The molecule has 6 heteroatoms. The minimum absolute atomic E-state index is 0.429. The molecule has 0 saturated carbocycles. The van der Waals surface area contributed by atoms with Crippen LogP contribution >= 0.6 is 0 Å². The van der Waals surface area contributed by atoms with Crippen LogP contribution < -0.4 is 0 Å². The summed E-state index contributed by atoms with van der Waals surface area (Å²) in [7, 11) is 0. The molecular weight excluding hydrogens is 703 g/mol. The zero-order valence-corrected chi connectivity index (χ0v) is 36.6. The fourth-order valence-electron chi connectivity index (χ4n) is 8.38. The highest BCUT2D eigenvalue weighted by Crippen LogP contribution is 2.32. The van der Waals surface area contributed by atoms with Crippen LogP contribution in [0, 0.1) is 0 Å². The van der Waals surface area contributed by atoms with Crippen LogP contribution in [-0.4, -0.2) is 30.3 Å². The van der Waals surface area contributed by atoms with E-state index < -0.39 is 0 Å². The van der Waals surface area contributed by atoms with Gasteiger partial charge in [-0.25, -0.2) is 15.0 Å². The molecular formula is C51H75N3O3. The Morgan fingerprint density at radius 2 is 0.526 bits per heavy atom. The number of aromatic nitrogens is 3. The van der Waals surface area contributed by atoms with Gasteiger partial charge in [0.05, 0.1) is 0 Å². The smallest absolute Gasteiger partial charge is 0.132 e. The molecule has 0 aliphatic carbocycles. The predicted molar refractivity (Wildman–Crippen MR) is 238 cm³/mol. The second-order valence-electron chi connectivity index (χ2n) is 16.3. The Balaban J connectivity index is 1.70. The summed E-state index contributed by atoms with van der Waals surface area (Å²) in [6, 6.07) is 12.0. The van der Waals surface area contributed by atoms with Crippen molar-refractivity contribution in [1.82, 2.24) is 15.0 Å². The fraction of sp³-hybridized carbons (Fsp3) is 0.588. The summed E-state index contributed by atoms with van der Waals surface area (Å²) in [5.74, 6) is 3.79. The van der Waals surface area contributed by atoms with E-state index in [1.54, 1.807) is 0 Å². The second-order valence-corrected chi connectivity index (χ2v) is 16.3. The lowest BCUT2D eigenvalue weighted by molar-refractivity contribution is 0.464. The van der Waals surface area contributed by atoms with Gasteiger partial charge in [0.15, 0.2) is 0 Å². The van der Waals surface area contributed by atoms with Crippen molar-refractivity contribution < 1.29 is 15.3 Å². The van der Waals surface area contributed by atoms with Crippen molar-refractivity contribution in [2.75, 3.05) is 0 Å². The Labute approximate surface area is 346 Å². The third kappa shape index (κ3) is 13.6. The number of hydrogen-bond donors (Lipinski definition) is 3. The average molecular weight is 778 g/mol. The molecule has 0 aliphatic rings. The molecule has 0 radical (unpaired) electrons. The van der Waals surface area contributed by atoms with Crippen LogP contribution in [0.1, 0.15) is 186 Å². The maximum absolute atomic E-state index is 10.9. The molecule has 0 bridgehead atoms. The minimum atomic E-state index is 0.429. The molecule has 1 heterocycles. The van der Waals surface area contributed by atoms with E-state index in [0.717, 1.165) is 169 Å². The molecule has 0 amide bonds. The number of phenolic OH excluding ortho intramolecular Hbond substituents is 3. The van der Waals surface area contributed by atoms with Gasteiger partial charge < -0.3 is 15.3 Å². The van der Waals surface area contributed by atoms with Crippen molar-refractivity contribution in [3.63, 3.8) is 0 Å². The Hall–Kier alpha value is -3.93. The van der Waals surface area contributed by atoms with Gasteiger partial charge >= 0.3 is 0 Å². The topological polar surface area (TPSA) is 99.4 Å². The summed E-state index contributed by atoms with van der Waals surface area (Å²) < 4.78 is 0. The van der Waals surface area contributed by atoms with Gasteiger partial charge in [0, 0.05) is 19.3 Å². The molecule has 3 aromatic carbocycles. The lowest BCUT2D eigenvalue weighted by Gasteiger charge is -2.18. The summed E-state index contributed by atoms with van der Waals surface area (Å²) >= 11 is 0. The zero-order valence-electron chi connectivity index (χ0n) is 36.6. The first-order chi connectivity index (χ1) is 27.8. The molecule has 0 atom stereocenters. The van der Waals surface area contributed by atoms with E-state index in [2.05, 4.69) is 59.7 Å². The summed E-state index contributed by atoms with van der Waals surface area (Å²) in [5.41, 5.74) is 11.2. The van der Waals surface area contributed by atoms with E-state index in [-0.39, 0.29) is 0 Å². The quantitative estimate of drug-likeness (QED) is 0.0557. The van der Waals surface area contributed by atoms with Crippen molar-refractivity contribution in [2.45, 2.75) is 196 Å². The Morgan fingerprint density at radius 3 is 0.754 bits per heavy atom. The normalized spacial score (nSPS) is 11.5. The molecule has 0 saturated heterocycles. The minimum Gasteiger partial charge on any atom is -0.508 e. The van der Waals surface area contributed by atoms with Gasteiger partial charge in [-0.3, -0.25) is 0 Å². The van der Waals surface area contributed by atoms with Gasteiger partial charge in [-0.05, 0) is 165 Å². The highest BCUT2D eigenvalue weighted by molar-refractivity contribution is 5.47. The van der Waals surface area contributed by atoms with Gasteiger partial charge in [-0.1, -0.05) is 98.3 Å². The number of benzene rings is 3. The Kier molecular flexibility index (Phi) is 19.9. The first kappa shape index (κ1) is 45.8. The summed E-state index contributed by atoms with van der Waals surface area (Å²) in [4.78, 5) is 15.4. The number of unbranched alkanes of at least 4 members (excludes halogenated alkanes) is 6. The number of aromatic hydroxyl groups is 3. The van der Waals surface area contributed by atoms with E-state index in [1.807, 2.05) is 18.2 Å². The zero-order chi connectivity index (χ0) is 41.0. The largest absolute Gasteiger partial charge is 0.508 e. The standard InChI is InChI=1S/C51H75N3O3/c1-7-13-19-40-37(25-31-46(55)43(40)22-16-10-4)28-34-49-52-50(35-29-38-26-32-47(56)44(23-17-11-5)41(38)20-14-8-2)54-51(53-49)36-30-39-27-33-48(57)45(24-18-12-6)42(39)21-15-9-3/h25-27,31-33,55-57H,7-24,28-30,34-36H2,1-6H3. The molecule has 0 spiro atoms. The summed E-state index contributed by atoms with van der Waals surface area (Å²) in [6.07, 6.45) is 23.4. The van der Waals surface area contributed by atoms with E-state index in [9.17, 15) is 15.3 Å². The van der Waals surface area contributed by atoms with Gasteiger partial charge in [0.2, 0.25) is 0 Å². The van der Waals surface area contributed by atoms with Gasteiger partial charge in [-0.2, -0.15) is 0 Å². The van der Waals surface area contributed by atoms with Crippen molar-refractivity contribution in [3.8, 4) is 17.2 Å². The van der Waals surface area contributed by atoms with Crippen LogP contribution in [0.15, 0.2) is 36.4 Å². The first-order valence-electron chi connectivity index (χ1n) is 23.0. The summed E-state index contributed by atoms with van der Waals surface area (Å²) in [6.45, 7) is 13.3. The van der Waals surface area contributed by atoms with Crippen LogP contribution in [0.3, 0.4) is 0 Å². The van der Waals surface area contributed by atoms with Crippen LogP contribution in [0.2, 0.25) is 0 Å². The molecule has 6 nitrogen and oxygen atoms in total. The number of aryl methyl sites for hydroxylation is 6. The first-order valence-corrected chi connectivity index (χ1v) is 23.0. The highest BCUT2D eigenvalue weighted by atomic mass is 16.3. The third-order valence-electron chi connectivity index (χ3n) is 11.8. The average Bonchev–Trinajstić information content (AvgIpc) is 3.21. The molecule has 1 aromatic heterocycles. The van der Waals surface area contributed by atoms with Gasteiger partial charge in [0.1, 0.15) is 34.7 Å². The molecule has 57 heavy (non-hydrogen) atoms. The Morgan fingerprint density at radius 1 is 0.298 bits per heavy atom. The maximum atomic E-state index is 10.9. The van der Waals surface area contributed by atoms with Crippen molar-refractivity contribution >= 4 is 0 Å². The number of nitrogens with zero attached hydrogens (tertiary/aromatic N) is 3. The van der Waals surface area contributed by atoms with Crippen molar-refractivity contribution in [3.05, 3.63) is 104 Å². The van der Waals surface area contributed by atoms with Crippen molar-refractivity contribution in [2.24, 2.45) is 0 Å². The monoisotopic (exact) mass is 778 g/mol. The van der Waals surface area contributed by atoms with E-state index in [0.29, 0.717) is 36.5 Å². The van der Waals surface area contributed by atoms with Gasteiger partial charge in [-0.15, -0.1) is 0 Å². The van der Waals surface area contributed by atoms with Crippen molar-refractivity contribution in [1.29, 1.82) is 0 Å². The van der Waals surface area contributed by atoms with Gasteiger partial charge in [0.25, 0.3) is 0 Å². The van der Waals surface area contributed by atoms with E-state index >= 15 is 0 Å². The predicted octanol–water partition coefficient (Wildman–Crippen LogP) is 12.4. The molecule has 0 aliphatic heterocycles. The number of phenols is 3. The molecule has 0 fully saturated rings. The SMILES string of the molecule is CCCCc1c(O)ccc(CCc2nc(CCc3ccc(O)c(CCCC)c3CCCC)nc(CCc3ccc(O)c(CCCC)c3CCCC)n2)c1CCCC. The maximum Gasteiger partial charge on any atom is 0.132 e. The molecule has 4 aromatic rings. The van der Waals surface area contributed by atoms with Crippen LogP contribution in [0.25, 0.3) is 0 Å². The highest BCUT2D eigenvalue weighted by Gasteiger charge is 2.18. The van der Waals surface area contributed by atoms with Crippen LogP contribution in [0.5, 0.6) is 17.2 Å². The molecule has 4 rings (SSSR count). The van der Waals surface area contributed by atoms with Crippen LogP contribution in [-0.2, 0) is 77.0 Å². The third-order valence-corrected chi connectivity index (χ3v) is 11.8. The molecule has 312 valence electrons.